The minimum Gasteiger partial charge on any atom is -0.457 e. The van der Waals surface area contributed by atoms with E-state index in [1.54, 1.807) is 0 Å². The van der Waals surface area contributed by atoms with Crippen molar-refractivity contribution in [2.45, 2.75) is 5.41 Å². The second kappa shape index (κ2) is 9.82. The van der Waals surface area contributed by atoms with Gasteiger partial charge in [-0.15, -0.1) is 0 Å². The number of nitrogens with zero attached hydrogens (tertiary/aromatic N) is 1. The minimum absolute atomic E-state index is 0.487. The number of rotatable bonds is 2. The maximum absolute atomic E-state index is 6.70. The number of ether oxygens (including phenoxy) is 1. The van der Waals surface area contributed by atoms with E-state index in [1.165, 1.54) is 71.5 Å². The molecule has 0 fully saturated rings. The Morgan fingerprint density at radius 2 is 1.02 bits per heavy atom. The van der Waals surface area contributed by atoms with E-state index >= 15 is 0 Å². The fourth-order valence-corrected chi connectivity index (χ4v) is 8.79. The normalized spacial score (nSPS) is 13.6. The van der Waals surface area contributed by atoms with Gasteiger partial charge in [0.15, 0.2) is 0 Å². The Labute approximate surface area is 284 Å². The molecule has 0 saturated heterocycles. The van der Waals surface area contributed by atoms with Gasteiger partial charge < -0.3 is 9.30 Å². The van der Waals surface area contributed by atoms with Crippen molar-refractivity contribution in [2.24, 2.45) is 0 Å². The highest BCUT2D eigenvalue weighted by atomic mass is 16.5. The topological polar surface area (TPSA) is 14.2 Å². The predicted molar refractivity (Wildman–Crippen MR) is 201 cm³/mol. The van der Waals surface area contributed by atoms with Gasteiger partial charge in [0, 0.05) is 27.6 Å². The molecule has 0 atom stereocenters. The lowest BCUT2D eigenvalue weighted by Crippen LogP contribution is -2.32. The smallest absolute Gasteiger partial charge is 0.132 e. The van der Waals surface area contributed by atoms with Crippen molar-refractivity contribution in [3.63, 3.8) is 0 Å². The Morgan fingerprint density at radius 1 is 0.388 bits per heavy atom. The molecule has 2 nitrogen and oxygen atoms in total. The van der Waals surface area contributed by atoms with Crippen LogP contribution in [0.5, 0.6) is 11.5 Å². The Morgan fingerprint density at radius 3 is 1.84 bits per heavy atom. The van der Waals surface area contributed by atoms with Crippen molar-refractivity contribution < 1.29 is 4.74 Å². The Hall–Kier alpha value is -6.38. The molecule has 2 aliphatic rings. The van der Waals surface area contributed by atoms with Gasteiger partial charge in [0.25, 0.3) is 0 Å². The minimum atomic E-state index is -0.487. The second-order valence-corrected chi connectivity index (χ2v) is 13.3. The second-order valence-electron chi connectivity index (χ2n) is 13.3. The summed E-state index contributed by atoms with van der Waals surface area (Å²) in [6.07, 6.45) is 0. The first kappa shape index (κ1) is 26.7. The summed E-state index contributed by atoms with van der Waals surface area (Å²) < 4.78 is 9.12. The highest BCUT2D eigenvalue weighted by Gasteiger charge is 2.50. The highest BCUT2D eigenvalue weighted by molar-refractivity contribution is 6.13. The summed E-state index contributed by atoms with van der Waals surface area (Å²) in [5.41, 5.74) is 12.9. The summed E-state index contributed by atoms with van der Waals surface area (Å²) in [5.74, 6) is 1.81. The summed E-state index contributed by atoms with van der Waals surface area (Å²) in [7, 11) is 0. The van der Waals surface area contributed by atoms with Crippen LogP contribution in [0.4, 0.5) is 0 Å². The van der Waals surface area contributed by atoms with Gasteiger partial charge in [-0.1, -0.05) is 127 Å². The summed E-state index contributed by atoms with van der Waals surface area (Å²) in [6, 6.07) is 64.2. The van der Waals surface area contributed by atoms with Crippen molar-refractivity contribution in [1.82, 2.24) is 4.57 Å². The molecule has 0 saturated carbocycles. The Kier molecular flexibility index (Phi) is 5.34. The van der Waals surface area contributed by atoms with Crippen molar-refractivity contribution in [2.75, 3.05) is 0 Å². The fourth-order valence-electron chi connectivity index (χ4n) is 8.79. The van der Waals surface area contributed by atoms with Gasteiger partial charge >= 0.3 is 0 Å². The molecule has 2 heteroatoms. The lowest BCUT2D eigenvalue weighted by Gasteiger charge is -2.39. The van der Waals surface area contributed by atoms with Gasteiger partial charge in [-0.05, 0) is 92.7 Å². The summed E-state index contributed by atoms with van der Waals surface area (Å²) >= 11 is 0. The molecule has 9 aromatic rings. The van der Waals surface area contributed by atoms with Crippen LogP contribution in [0.25, 0.3) is 60.5 Å². The molecule has 0 N–H and O–H groups in total. The van der Waals surface area contributed by atoms with Crippen LogP contribution in [0, 0.1) is 0 Å². The third-order valence-corrected chi connectivity index (χ3v) is 10.8. The SMILES string of the molecule is c1cc(-c2ccc3c(c2)C2(c4ccccc4O3)c3ccccc3-c3ccccc32)cc(-n2c3ccccc3c3cc4ccccc4cc32)c1. The molecule has 228 valence electrons. The van der Waals surface area contributed by atoms with Crippen LogP contribution in [-0.4, -0.2) is 4.57 Å². The molecule has 49 heavy (non-hydrogen) atoms. The van der Waals surface area contributed by atoms with Crippen LogP contribution in [0.15, 0.2) is 176 Å². The monoisotopic (exact) mass is 623 g/mol. The average Bonchev–Trinajstić information content (AvgIpc) is 3.64. The van der Waals surface area contributed by atoms with E-state index in [2.05, 4.69) is 180 Å². The quantitative estimate of drug-likeness (QED) is 0.187. The predicted octanol–water partition coefficient (Wildman–Crippen LogP) is 12.1. The van der Waals surface area contributed by atoms with Crippen LogP contribution < -0.4 is 4.74 Å². The molecule has 1 spiro atoms. The highest BCUT2D eigenvalue weighted by Crippen LogP contribution is 2.62. The van der Waals surface area contributed by atoms with Gasteiger partial charge in [0.1, 0.15) is 11.5 Å². The molecular weight excluding hydrogens is 595 g/mol. The summed E-state index contributed by atoms with van der Waals surface area (Å²) in [5, 5.41) is 5.03. The van der Waals surface area contributed by atoms with Crippen molar-refractivity contribution >= 4 is 32.6 Å². The third kappa shape index (κ3) is 3.55. The van der Waals surface area contributed by atoms with Crippen LogP contribution in [0.3, 0.4) is 0 Å². The molecule has 0 amide bonds. The average molecular weight is 624 g/mol. The first-order chi connectivity index (χ1) is 24.3. The third-order valence-electron chi connectivity index (χ3n) is 10.8. The van der Waals surface area contributed by atoms with Gasteiger partial charge in [-0.25, -0.2) is 0 Å². The molecular formula is C47H29NO. The number of hydrogen-bond acceptors (Lipinski definition) is 1. The molecule has 11 rings (SSSR count). The zero-order valence-electron chi connectivity index (χ0n) is 26.6. The van der Waals surface area contributed by atoms with E-state index < -0.39 is 5.41 Å². The van der Waals surface area contributed by atoms with Crippen molar-refractivity contribution in [3.05, 3.63) is 198 Å². The molecule has 1 aromatic heterocycles. The zero-order chi connectivity index (χ0) is 32.1. The molecule has 1 aliphatic heterocycles. The number of aromatic nitrogens is 1. The first-order valence-electron chi connectivity index (χ1n) is 16.9. The molecule has 0 unspecified atom stereocenters. The molecule has 2 heterocycles. The number of para-hydroxylation sites is 2. The largest absolute Gasteiger partial charge is 0.457 e. The van der Waals surface area contributed by atoms with E-state index in [9.17, 15) is 0 Å². The molecule has 8 aromatic carbocycles. The lowest BCUT2D eigenvalue weighted by atomic mass is 9.66. The van der Waals surface area contributed by atoms with E-state index in [1.807, 2.05) is 0 Å². The van der Waals surface area contributed by atoms with Crippen LogP contribution in [0.2, 0.25) is 0 Å². The van der Waals surface area contributed by atoms with E-state index in [0.717, 1.165) is 22.7 Å². The van der Waals surface area contributed by atoms with E-state index in [-0.39, 0.29) is 0 Å². The summed E-state index contributed by atoms with van der Waals surface area (Å²) in [6.45, 7) is 0. The van der Waals surface area contributed by atoms with E-state index in [0.29, 0.717) is 0 Å². The van der Waals surface area contributed by atoms with Gasteiger partial charge in [-0.2, -0.15) is 0 Å². The van der Waals surface area contributed by atoms with Gasteiger partial charge in [0.2, 0.25) is 0 Å². The van der Waals surface area contributed by atoms with Gasteiger partial charge in [0.05, 0.1) is 16.4 Å². The lowest BCUT2D eigenvalue weighted by molar-refractivity contribution is 0.436. The fraction of sp³-hybridized carbons (Fsp3) is 0.0213. The maximum Gasteiger partial charge on any atom is 0.132 e. The number of fused-ring (bicyclic) bond motifs is 13. The number of benzene rings is 8. The zero-order valence-corrected chi connectivity index (χ0v) is 26.6. The van der Waals surface area contributed by atoms with Crippen molar-refractivity contribution in [1.29, 1.82) is 0 Å². The summed E-state index contributed by atoms with van der Waals surface area (Å²) in [4.78, 5) is 0. The van der Waals surface area contributed by atoms with Gasteiger partial charge in [-0.3, -0.25) is 0 Å². The Bertz CT molecular complexity index is 2770. The Balaban J connectivity index is 1.15. The molecule has 0 bridgehead atoms. The maximum atomic E-state index is 6.70. The molecule has 0 radical (unpaired) electrons. The number of hydrogen-bond donors (Lipinski definition) is 0. The molecule has 1 aliphatic carbocycles. The first-order valence-corrected chi connectivity index (χ1v) is 16.9. The van der Waals surface area contributed by atoms with Crippen LogP contribution >= 0.6 is 0 Å². The van der Waals surface area contributed by atoms with Crippen molar-refractivity contribution in [3.8, 4) is 39.4 Å². The van der Waals surface area contributed by atoms with Crippen LogP contribution in [-0.2, 0) is 5.41 Å². The standard InChI is InChI=1S/C47H29NO/c1-2-13-32-29-44-38(27-31(32)12-1)37-18-5-9-22-43(37)48(44)34-15-11-14-30(26-34)33-24-25-46-42(28-33)47(41-21-8-10-23-45(41)49-46)39-19-6-3-16-35(39)36-17-4-7-20-40(36)47/h1-29H. The van der Waals surface area contributed by atoms with Crippen LogP contribution in [0.1, 0.15) is 22.3 Å². The van der Waals surface area contributed by atoms with E-state index in [4.69, 9.17) is 4.74 Å².